The molecule has 0 aliphatic carbocycles. The van der Waals surface area contributed by atoms with Gasteiger partial charge in [-0.3, -0.25) is 0 Å². The Balaban J connectivity index is 3.43. The number of methoxy groups -OCH3 is 1. The van der Waals surface area contributed by atoms with Crippen molar-refractivity contribution in [3.8, 4) is 11.9 Å². The fraction of sp³-hybridized carbons (Fsp3) is 0.250. The predicted molar refractivity (Wildman–Crippen MR) is 48.6 cm³/mol. The van der Waals surface area contributed by atoms with E-state index in [0.29, 0.717) is 0 Å². The molecule has 1 rings (SSSR count). The zero-order chi connectivity index (χ0) is 10.8. The topological polar surface area (TPSA) is 80.0 Å². The highest BCUT2D eigenvalue weighted by atomic mass is 32.2. The van der Waals surface area contributed by atoms with E-state index in [4.69, 9.17) is 10.00 Å². The first kappa shape index (κ1) is 10.5. The van der Waals surface area contributed by atoms with Gasteiger partial charge in [-0.1, -0.05) is 0 Å². The molecule has 0 bridgehead atoms. The molecule has 0 spiro atoms. The summed E-state index contributed by atoms with van der Waals surface area (Å²) in [5.41, 5.74) is -0.146. The fourth-order valence-electron chi connectivity index (χ4n) is 0.921. The molecule has 74 valence electrons. The molecule has 0 unspecified atom stereocenters. The smallest absolute Gasteiger partial charge is 0.214 e. The number of aromatic nitrogens is 1. The van der Waals surface area contributed by atoms with Crippen LogP contribution >= 0.6 is 0 Å². The molecule has 0 radical (unpaired) electrons. The maximum atomic E-state index is 11.2. The molecule has 1 aromatic rings. The molecule has 0 N–H and O–H groups in total. The molecule has 0 fully saturated rings. The van der Waals surface area contributed by atoms with Crippen molar-refractivity contribution in [3.05, 3.63) is 17.8 Å². The van der Waals surface area contributed by atoms with Crippen molar-refractivity contribution in [2.75, 3.05) is 13.4 Å². The van der Waals surface area contributed by atoms with Crippen LogP contribution in [-0.4, -0.2) is 26.8 Å². The van der Waals surface area contributed by atoms with E-state index in [-0.39, 0.29) is 16.5 Å². The van der Waals surface area contributed by atoms with Gasteiger partial charge in [0.2, 0.25) is 5.88 Å². The second-order valence-electron chi connectivity index (χ2n) is 2.58. The Kier molecular flexibility index (Phi) is 2.72. The Labute approximate surface area is 81.9 Å². The normalized spacial score (nSPS) is 10.6. The maximum Gasteiger partial charge on any atom is 0.214 e. The molecule has 1 heterocycles. The lowest BCUT2D eigenvalue weighted by Crippen LogP contribution is -2.03. The van der Waals surface area contributed by atoms with E-state index in [1.807, 2.05) is 0 Å². The highest BCUT2D eigenvalue weighted by Crippen LogP contribution is 2.16. The quantitative estimate of drug-likeness (QED) is 0.707. The van der Waals surface area contributed by atoms with Crippen LogP contribution in [0.1, 0.15) is 5.69 Å². The fourth-order valence-corrected chi connectivity index (χ4v) is 1.68. The van der Waals surface area contributed by atoms with Crippen LogP contribution in [0.5, 0.6) is 5.88 Å². The first-order valence-corrected chi connectivity index (χ1v) is 5.53. The van der Waals surface area contributed by atoms with Crippen LogP contribution in [0, 0.1) is 11.3 Å². The molecule has 0 atom stereocenters. The van der Waals surface area contributed by atoms with Crippen molar-refractivity contribution >= 4 is 9.84 Å². The molecule has 0 saturated heterocycles. The summed E-state index contributed by atoms with van der Waals surface area (Å²) in [6.45, 7) is 0. The van der Waals surface area contributed by atoms with E-state index < -0.39 is 9.84 Å². The highest BCUT2D eigenvalue weighted by Gasteiger charge is 2.14. The Morgan fingerprint density at radius 2 is 2.14 bits per heavy atom. The summed E-state index contributed by atoms with van der Waals surface area (Å²) in [5.74, 6) is 0.217. The van der Waals surface area contributed by atoms with Crippen LogP contribution in [0.4, 0.5) is 0 Å². The number of nitriles is 1. The second-order valence-corrected chi connectivity index (χ2v) is 4.57. The molecule has 0 aliphatic rings. The van der Waals surface area contributed by atoms with E-state index in [1.165, 1.54) is 19.2 Å². The van der Waals surface area contributed by atoms with Gasteiger partial charge in [0.05, 0.1) is 7.11 Å². The summed E-state index contributed by atoms with van der Waals surface area (Å²) < 4.78 is 27.1. The average Bonchev–Trinajstić information content (AvgIpc) is 2.15. The Hall–Kier alpha value is -1.61. The Bertz CT molecular complexity index is 488. The third-order valence-electron chi connectivity index (χ3n) is 1.55. The number of pyridine rings is 1. The minimum atomic E-state index is -3.41. The minimum absolute atomic E-state index is 0.0826. The van der Waals surface area contributed by atoms with Gasteiger partial charge in [0, 0.05) is 12.3 Å². The Morgan fingerprint density at radius 1 is 1.50 bits per heavy atom. The highest BCUT2D eigenvalue weighted by molar-refractivity contribution is 7.90. The number of hydrogen-bond acceptors (Lipinski definition) is 5. The van der Waals surface area contributed by atoms with Crippen molar-refractivity contribution < 1.29 is 13.2 Å². The molecule has 6 heteroatoms. The van der Waals surface area contributed by atoms with Gasteiger partial charge in [-0.15, -0.1) is 0 Å². The van der Waals surface area contributed by atoms with Crippen LogP contribution < -0.4 is 4.74 Å². The van der Waals surface area contributed by atoms with Crippen LogP contribution in [0.3, 0.4) is 0 Å². The van der Waals surface area contributed by atoms with Crippen LogP contribution in [0.15, 0.2) is 17.0 Å². The van der Waals surface area contributed by atoms with Gasteiger partial charge in [-0.2, -0.15) is 5.26 Å². The maximum absolute atomic E-state index is 11.2. The van der Waals surface area contributed by atoms with Gasteiger partial charge >= 0.3 is 0 Å². The van der Waals surface area contributed by atoms with E-state index in [1.54, 1.807) is 6.07 Å². The monoisotopic (exact) mass is 212 g/mol. The molecular formula is C8H8N2O3S. The lowest BCUT2D eigenvalue weighted by molar-refractivity contribution is 0.396. The largest absolute Gasteiger partial charge is 0.481 e. The summed E-state index contributed by atoms with van der Waals surface area (Å²) in [6.07, 6.45) is 1.03. The van der Waals surface area contributed by atoms with Crippen molar-refractivity contribution in [2.24, 2.45) is 0 Å². The van der Waals surface area contributed by atoms with Crippen molar-refractivity contribution in [2.45, 2.75) is 4.90 Å². The number of ether oxygens (including phenoxy) is 1. The van der Waals surface area contributed by atoms with Crippen molar-refractivity contribution in [1.29, 1.82) is 5.26 Å². The molecule has 5 nitrogen and oxygen atoms in total. The lowest BCUT2D eigenvalue weighted by Gasteiger charge is -2.02. The summed E-state index contributed by atoms with van der Waals surface area (Å²) in [7, 11) is -2.02. The first-order valence-electron chi connectivity index (χ1n) is 3.64. The summed E-state index contributed by atoms with van der Waals surface area (Å²) >= 11 is 0. The third kappa shape index (κ3) is 2.00. The van der Waals surface area contributed by atoms with E-state index in [2.05, 4.69) is 4.98 Å². The average molecular weight is 212 g/mol. The van der Waals surface area contributed by atoms with Crippen molar-refractivity contribution in [1.82, 2.24) is 4.98 Å². The van der Waals surface area contributed by atoms with Gasteiger partial charge in [-0.25, -0.2) is 13.4 Å². The molecule has 0 aromatic carbocycles. The third-order valence-corrected chi connectivity index (χ3v) is 2.68. The molecule has 0 aliphatic heterocycles. The molecule has 1 aromatic heterocycles. The zero-order valence-corrected chi connectivity index (χ0v) is 8.50. The van der Waals surface area contributed by atoms with E-state index >= 15 is 0 Å². The van der Waals surface area contributed by atoms with Gasteiger partial charge in [0.1, 0.15) is 11.0 Å². The number of rotatable bonds is 2. The second kappa shape index (κ2) is 3.64. The van der Waals surface area contributed by atoms with Crippen molar-refractivity contribution in [3.63, 3.8) is 0 Å². The van der Waals surface area contributed by atoms with E-state index in [0.717, 1.165) is 6.26 Å². The predicted octanol–water partition coefficient (Wildman–Crippen LogP) is 0.365. The summed E-state index contributed by atoms with van der Waals surface area (Å²) in [4.78, 5) is 3.63. The summed E-state index contributed by atoms with van der Waals surface area (Å²) in [6, 6.07) is 4.41. The summed E-state index contributed by atoms with van der Waals surface area (Å²) in [5, 5.41) is 8.67. The van der Waals surface area contributed by atoms with Gasteiger partial charge < -0.3 is 4.74 Å². The van der Waals surface area contributed by atoms with Crippen LogP contribution in [-0.2, 0) is 9.84 Å². The SMILES string of the molecule is COc1ccc(S(C)(=O)=O)c(C#N)n1. The standard InChI is InChI=1S/C8H8N2O3S/c1-13-8-4-3-7(14(2,11)12)6(5-9)10-8/h3-4H,1-2H3. The van der Waals surface area contributed by atoms with Crippen LogP contribution in [0.25, 0.3) is 0 Å². The molecular weight excluding hydrogens is 204 g/mol. The number of nitrogens with zero attached hydrogens (tertiary/aromatic N) is 2. The van der Waals surface area contributed by atoms with Gasteiger partial charge in [-0.05, 0) is 6.07 Å². The van der Waals surface area contributed by atoms with Gasteiger partial charge in [0.15, 0.2) is 15.5 Å². The number of sulfone groups is 1. The Morgan fingerprint density at radius 3 is 2.57 bits per heavy atom. The number of hydrogen-bond donors (Lipinski definition) is 0. The molecule has 14 heavy (non-hydrogen) atoms. The molecule has 0 saturated carbocycles. The van der Waals surface area contributed by atoms with Crippen LogP contribution in [0.2, 0.25) is 0 Å². The minimum Gasteiger partial charge on any atom is -0.481 e. The van der Waals surface area contributed by atoms with Gasteiger partial charge in [0.25, 0.3) is 0 Å². The molecule has 0 amide bonds. The van der Waals surface area contributed by atoms with E-state index in [9.17, 15) is 8.42 Å². The zero-order valence-electron chi connectivity index (χ0n) is 7.68. The lowest BCUT2D eigenvalue weighted by atomic mass is 10.4. The first-order chi connectivity index (χ1) is 6.49.